The van der Waals surface area contributed by atoms with Crippen LogP contribution in [0.3, 0.4) is 0 Å². The van der Waals surface area contributed by atoms with Crippen LogP contribution in [-0.4, -0.2) is 13.1 Å². The van der Waals surface area contributed by atoms with Crippen LogP contribution in [0.25, 0.3) is 0 Å². The lowest BCUT2D eigenvalue weighted by molar-refractivity contribution is -0.148. The van der Waals surface area contributed by atoms with Crippen molar-refractivity contribution >= 4 is 5.97 Å². The van der Waals surface area contributed by atoms with Gasteiger partial charge >= 0.3 is 5.97 Å². The van der Waals surface area contributed by atoms with Gasteiger partial charge in [-0.15, -0.1) is 0 Å². The van der Waals surface area contributed by atoms with Crippen LogP contribution in [-0.2, 0) is 9.53 Å². The number of methoxy groups -OCH3 is 1. The Kier molecular flexibility index (Phi) is 2.92. The largest absolute Gasteiger partial charge is 0.469 e. The van der Waals surface area contributed by atoms with Gasteiger partial charge in [0.2, 0.25) is 0 Å². The molecule has 11 heavy (non-hydrogen) atoms. The van der Waals surface area contributed by atoms with Gasteiger partial charge in [-0.3, -0.25) is 4.79 Å². The van der Waals surface area contributed by atoms with Gasteiger partial charge in [0.25, 0.3) is 0 Å². The molecule has 0 aliphatic heterocycles. The minimum atomic E-state index is -0.0165. The average Bonchev–Trinajstić information content (AvgIpc) is 2.04. The number of rotatable bonds is 1. The van der Waals surface area contributed by atoms with Crippen molar-refractivity contribution in [1.29, 1.82) is 0 Å². The molecule has 0 aromatic heterocycles. The average molecular weight is 156 g/mol. The third-order valence-corrected chi connectivity index (χ3v) is 2.62. The van der Waals surface area contributed by atoms with Crippen molar-refractivity contribution in [3.63, 3.8) is 0 Å². The summed E-state index contributed by atoms with van der Waals surface area (Å²) in [7, 11) is 1.48. The highest BCUT2D eigenvalue weighted by Gasteiger charge is 2.27. The van der Waals surface area contributed by atoms with Gasteiger partial charge in [-0.05, 0) is 18.8 Å². The topological polar surface area (TPSA) is 26.3 Å². The molecule has 1 rings (SSSR count). The first kappa shape index (κ1) is 8.57. The van der Waals surface area contributed by atoms with E-state index in [-0.39, 0.29) is 11.9 Å². The van der Waals surface area contributed by atoms with E-state index >= 15 is 0 Å². The van der Waals surface area contributed by atoms with Gasteiger partial charge in [0.15, 0.2) is 0 Å². The Morgan fingerprint density at radius 1 is 1.36 bits per heavy atom. The van der Waals surface area contributed by atoms with E-state index in [1.54, 1.807) is 0 Å². The number of hydrogen-bond acceptors (Lipinski definition) is 2. The summed E-state index contributed by atoms with van der Waals surface area (Å²) in [6, 6.07) is 0. The lowest BCUT2D eigenvalue weighted by Crippen LogP contribution is -2.26. The van der Waals surface area contributed by atoms with E-state index in [0.29, 0.717) is 5.92 Å². The second kappa shape index (κ2) is 3.74. The zero-order valence-electron chi connectivity index (χ0n) is 7.30. The summed E-state index contributed by atoms with van der Waals surface area (Å²) in [6.45, 7) is 2.14. The minimum Gasteiger partial charge on any atom is -0.469 e. The first-order valence-electron chi connectivity index (χ1n) is 4.33. The van der Waals surface area contributed by atoms with Crippen LogP contribution in [0.15, 0.2) is 0 Å². The SMILES string of the molecule is COC(=O)[C@H]1CCCC[C@H]1C. The number of esters is 1. The highest BCUT2D eigenvalue weighted by molar-refractivity contribution is 5.72. The van der Waals surface area contributed by atoms with Crippen LogP contribution in [0.4, 0.5) is 0 Å². The molecule has 2 heteroatoms. The van der Waals surface area contributed by atoms with E-state index in [1.807, 2.05) is 0 Å². The summed E-state index contributed by atoms with van der Waals surface area (Å²) in [4.78, 5) is 11.2. The maximum Gasteiger partial charge on any atom is 0.308 e. The summed E-state index contributed by atoms with van der Waals surface area (Å²) in [5.74, 6) is 0.683. The fourth-order valence-electron chi connectivity index (χ4n) is 1.82. The van der Waals surface area contributed by atoms with Crippen LogP contribution in [0.2, 0.25) is 0 Å². The third-order valence-electron chi connectivity index (χ3n) is 2.62. The van der Waals surface area contributed by atoms with E-state index in [9.17, 15) is 4.79 Å². The van der Waals surface area contributed by atoms with E-state index in [4.69, 9.17) is 4.74 Å². The van der Waals surface area contributed by atoms with Gasteiger partial charge < -0.3 is 4.74 Å². The van der Waals surface area contributed by atoms with Gasteiger partial charge in [0.1, 0.15) is 0 Å². The van der Waals surface area contributed by atoms with Crippen LogP contribution < -0.4 is 0 Å². The third kappa shape index (κ3) is 1.95. The van der Waals surface area contributed by atoms with Gasteiger partial charge in [-0.2, -0.15) is 0 Å². The molecular formula is C9H16O2. The van der Waals surface area contributed by atoms with Crippen molar-refractivity contribution in [2.75, 3.05) is 7.11 Å². The van der Waals surface area contributed by atoms with Crippen LogP contribution in [0, 0.1) is 11.8 Å². The van der Waals surface area contributed by atoms with Crippen LogP contribution in [0.5, 0.6) is 0 Å². The van der Waals surface area contributed by atoms with Gasteiger partial charge in [0.05, 0.1) is 13.0 Å². The molecule has 0 heterocycles. The van der Waals surface area contributed by atoms with E-state index in [1.165, 1.54) is 26.4 Å². The Balaban J connectivity index is 2.47. The molecule has 0 aromatic rings. The fraction of sp³-hybridized carbons (Fsp3) is 0.889. The second-order valence-corrected chi connectivity index (χ2v) is 3.39. The summed E-state index contributed by atoms with van der Waals surface area (Å²) < 4.78 is 4.72. The first-order valence-corrected chi connectivity index (χ1v) is 4.33. The van der Waals surface area contributed by atoms with Crippen LogP contribution in [0.1, 0.15) is 32.6 Å². The maximum absolute atomic E-state index is 11.2. The monoisotopic (exact) mass is 156 g/mol. The second-order valence-electron chi connectivity index (χ2n) is 3.39. The quantitative estimate of drug-likeness (QED) is 0.543. The van der Waals surface area contributed by atoms with Gasteiger partial charge in [-0.25, -0.2) is 0 Å². The van der Waals surface area contributed by atoms with Crippen molar-refractivity contribution < 1.29 is 9.53 Å². The van der Waals surface area contributed by atoms with Crippen molar-refractivity contribution in [2.45, 2.75) is 32.6 Å². The summed E-state index contributed by atoms with van der Waals surface area (Å²) in [6.07, 6.45) is 4.66. The van der Waals surface area contributed by atoms with Crippen molar-refractivity contribution in [3.8, 4) is 0 Å². The number of ether oxygens (including phenoxy) is 1. The maximum atomic E-state index is 11.2. The van der Waals surface area contributed by atoms with E-state index in [0.717, 1.165) is 6.42 Å². The molecule has 0 radical (unpaired) electrons. The Hall–Kier alpha value is -0.530. The minimum absolute atomic E-state index is 0.0165. The predicted octanol–water partition coefficient (Wildman–Crippen LogP) is 1.99. The molecule has 0 N–H and O–H groups in total. The number of carbonyl (C=O) groups is 1. The number of carbonyl (C=O) groups excluding carboxylic acids is 1. The molecule has 0 saturated heterocycles. The highest BCUT2D eigenvalue weighted by atomic mass is 16.5. The molecule has 0 amide bonds. The standard InChI is InChI=1S/C9H16O2/c1-7-5-3-4-6-8(7)9(10)11-2/h7-8H,3-6H2,1-2H3/t7-,8+/m1/s1. The van der Waals surface area contributed by atoms with Gasteiger partial charge in [-0.1, -0.05) is 19.8 Å². The molecular weight excluding hydrogens is 140 g/mol. The Labute approximate surface area is 67.9 Å². The zero-order valence-corrected chi connectivity index (χ0v) is 7.30. The van der Waals surface area contributed by atoms with E-state index < -0.39 is 0 Å². The zero-order chi connectivity index (χ0) is 8.27. The molecule has 0 spiro atoms. The summed E-state index contributed by atoms with van der Waals surface area (Å²) in [5, 5.41) is 0. The molecule has 1 saturated carbocycles. The van der Waals surface area contributed by atoms with Gasteiger partial charge in [0, 0.05) is 0 Å². The lowest BCUT2D eigenvalue weighted by Gasteiger charge is -2.25. The molecule has 1 fully saturated rings. The summed E-state index contributed by atoms with van der Waals surface area (Å²) >= 11 is 0. The normalized spacial score (nSPS) is 31.5. The Bertz CT molecular complexity index is 142. The number of hydrogen-bond donors (Lipinski definition) is 0. The van der Waals surface area contributed by atoms with Crippen LogP contribution >= 0.6 is 0 Å². The Morgan fingerprint density at radius 3 is 2.55 bits per heavy atom. The van der Waals surface area contributed by atoms with E-state index in [2.05, 4.69) is 6.92 Å². The Morgan fingerprint density at radius 2 is 2.00 bits per heavy atom. The molecule has 1 aliphatic rings. The predicted molar refractivity (Wildman–Crippen MR) is 43.1 cm³/mol. The summed E-state index contributed by atoms with van der Waals surface area (Å²) in [5.41, 5.74) is 0. The molecule has 2 nitrogen and oxygen atoms in total. The highest BCUT2D eigenvalue weighted by Crippen LogP contribution is 2.30. The van der Waals surface area contributed by atoms with Crippen molar-refractivity contribution in [1.82, 2.24) is 0 Å². The lowest BCUT2D eigenvalue weighted by atomic mass is 9.80. The molecule has 64 valence electrons. The van der Waals surface area contributed by atoms with Crippen molar-refractivity contribution in [3.05, 3.63) is 0 Å². The molecule has 0 aromatic carbocycles. The molecule has 1 aliphatic carbocycles. The molecule has 2 atom stereocenters. The van der Waals surface area contributed by atoms with Crippen molar-refractivity contribution in [2.24, 2.45) is 11.8 Å². The first-order chi connectivity index (χ1) is 5.25. The smallest absolute Gasteiger partial charge is 0.308 e. The molecule has 0 bridgehead atoms. The fourth-order valence-corrected chi connectivity index (χ4v) is 1.82. The molecule has 0 unspecified atom stereocenters.